The summed E-state index contributed by atoms with van der Waals surface area (Å²) in [5, 5.41) is 17.7. The van der Waals surface area contributed by atoms with E-state index >= 15 is 0 Å². The highest BCUT2D eigenvalue weighted by molar-refractivity contribution is 6.01. The lowest BCUT2D eigenvalue weighted by Crippen LogP contribution is -2.34. The van der Waals surface area contributed by atoms with Crippen molar-refractivity contribution in [2.24, 2.45) is 0 Å². The maximum atomic E-state index is 10.9. The van der Waals surface area contributed by atoms with Crippen molar-refractivity contribution in [3.8, 4) is 5.75 Å². The van der Waals surface area contributed by atoms with E-state index in [1.807, 2.05) is 0 Å². The van der Waals surface area contributed by atoms with E-state index in [9.17, 15) is 9.59 Å². The summed E-state index contributed by atoms with van der Waals surface area (Å²) >= 11 is 0. The quantitative estimate of drug-likeness (QED) is 0.776. The molecule has 2 N–H and O–H groups in total. The molecule has 5 nitrogen and oxygen atoms in total. The van der Waals surface area contributed by atoms with Crippen LogP contribution in [0, 0.1) is 0 Å². The molecule has 0 amide bonds. The minimum absolute atomic E-state index is 0.272. The Labute approximate surface area is 90.6 Å². The number of ether oxygens (including phenoxy) is 1. The Morgan fingerprint density at radius 1 is 1.19 bits per heavy atom. The largest absolute Gasteiger partial charge is 0.478 e. The van der Waals surface area contributed by atoms with Crippen molar-refractivity contribution in [3.05, 3.63) is 35.4 Å². The number of carbonyl (C=O) groups is 2. The standard InChI is InChI=1S/C11H8O5/c12-10(13)7-5-6-3-1-2-4-8(6)16-9(7)11(14)15/h1-5,9H,(H,12,13)(H,14,15). The minimum atomic E-state index is -1.45. The van der Waals surface area contributed by atoms with Crippen molar-refractivity contribution in [2.75, 3.05) is 0 Å². The van der Waals surface area contributed by atoms with Crippen molar-refractivity contribution in [2.45, 2.75) is 6.10 Å². The molecule has 1 heterocycles. The number of benzene rings is 1. The van der Waals surface area contributed by atoms with Crippen LogP contribution in [0.25, 0.3) is 6.08 Å². The summed E-state index contributed by atoms with van der Waals surface area (Å²) in [6, 6.07) is 6.67. The van der Waals surface area contributed by atoms with E-state index in [-0.39, 0.29) is 5.57 Å². The fraction of sp³-hybridized carbons (Fsp3) is 0.0909. The summed E-state index contributed by atoms with van der Waals surface area (Å²) in [6.07, 6.45) is -0.132. The number of hydrogen-bond donors (Lipinski definition) is 2. The number of rotatable bonds is 2. The molecule has 0 aromatic heterocycles. The second-order valence-electron chi connectivity index (χ2n) is 3.28. The lowest BCUT2D eigenvalue weighted by atomic mass is 10.0. The molecule has 1 atom stereocenters. The van der Waals surface area contributed by atoms with Gasteiger partial charge in [-0.3, -0.25) is 0 Å². The van der Waals surface area contributed by atoms with E-state index < -0.39 is 18.0 Å². The summed E-state index contributed by atoms with van der Waals surface area (Å²) in [5.74, 6) is -2.23. The van der Waals surface area contributed by atoms with Gasteiger partial charge in [-0.25, -0.2) is 9.59 Å². The van der Waals surface area contributed by atoms with Crippen LogP contribution in [0.3, 0.4) is 0 Å². The van der Waals surface area contributed by atoms with Crippen LogP contribution in [0.4, 0.5) is 0 Å². The van der Waals surface area contributed by atoms with Gasteiger partial charge in [0, 0.05) is 5.56 Å². The monoisotopic (exact) mass is 220 g/mol. The number of aliphatic carboxylic acids is 2. The van der Waals surface area contributed by atoms with Gasteiger partial charge in [0.05, 0.1) is 5.57 Å². The van der Waals surface area contributed by atoms with Gasteiger partial charge in [0.25, 0.3) is 0 Å². The van der Waals surface area contributed by atoms with Crippen molar-refractivity contribution < 1.29 is 24.5 Å². The van der Waals surface area contributed by atoms with Gasteiger partial charge in [0.1, 0.15) is 5.75 Å². The molecule has 16 heavy (non-hydrogen) atoms. The molecule has 1 aromatic carbocycles. The third-order valence-electron chi connectivity index (χ3n) is 2.23. The van der Waals surface area contributed by atoms with Crippen LogP contribution in [-0.2, 0) is 9.59 Å². The van der Waals surface area contributed by atoms with Crippen LogP contribution in [0.5, 0.6) is 5.75 Å². The molecule has 1 aliphatic rings. The van der Waals surface area contributed by atoms with E-state index in [4.69, 9.17) is 14.9 Å². The van der Waals surface area contributed by atoms with Crippen LogP contribution in [0.1, 0.15) is 5.56 Å². The molecule has 1 aromatic rings. The number of para-hydroxylation sites is 1. The molecule has 0 fully saturated rings. The molecule has 5 heteroatoms. The van der Waals surface area contributed by atoms with E-state index in [0.29, 0.717) is 11.3 Å². The van der Waals surface area contributed by atoms with Gasteiger partial charge in [0.15, 0.2) is 0 Å². The van der Waals surface area contributed by atoms with Gasteiger partial charge < -0.3 is 14.9 Å². The zero-order valence-electron chi connectivity index (χ0n) is 8.08. The Morgan fingerprint density at radius 2 is 1.88 bits per heavy atom. The van der Waals surface area contributed by atoms with Crippen LogP contribution in [0.15, 0.2) is 29.8 Å². The first-order valence-corrected chi connectivity index (χ1v) is 4.53. The molecule has 82 valence electrons. The summed E-state index contributed by atoms with van der Waals surface area (Å²) in [6.45, 7) is 0. The van der Waals surface area contributed by atoms with Crippen molar-refractivity contribution in [1.29, 1.82) is 0 Å². The second kappa shape index (κ2) is 3.69. The van der Waals surface area contributed by atoms with E-state index in [1.54, 1.807) is 24.3 Å². The Morgan fingerprint density at radius 3 is 2.50 bits per heavy atom. The molecular weight excluding hydrogens is 212 g/mol. The van der Waals surface area contributed by atoms with Gasteiger partial charge in [-0.05, 0) is 12.1 Å². The fourth-order valence-electron chi connectivity index (χ4n) is 1.50. The maximum Gasteiger partial charge on any atom is 0.349 e. The molecule has 1 unspecified atom stereocenters. The number of carboxylic acids is 2. The Kier molecular flexibility index (Phi) is 2.36. The summed E-state index contributed by atoms with van der Waals surface area (Å²) in [4.78, 5) is 21.7. The van der Waals surface area contributed by atoms with Crippen molar-refractivity contribution >= 4 is 18.0 Å². The maximum absolute atomic E-state index is 10.9. The first kappa shape index (κ1) is 10.2. The smallest absolute Gasteiger partial charge is 0.349 e. The average molecular weight is 220 g/mol. The SMILES string of the molecule is O=C(O)C1=Cc2ccccc2OC1C(=O)O. The van der Waals surface area contributed by atoms with Crippen LogP contribution < -0.4 is 4.74 Å². The van der Waals surface area contributed by atoms with Gasteiger partial charge >= 0.3 is 11.9 Å². The van der Waals surface area contributed by atoms with E-state index in [2.05, 4.69) is 0 Å². The van der Waals surface area contributed by atoms with E-state index in [1.165, 1.54) is 6.08 Å². The second-order valence-corrected chi connectivity index (χ2v) is 3.28. The first-order valence-electron chi connectivity index (χ1n) is 4.53. The predicted octanol–water partition coefficient (Wildman–Crippen LogP) is 1.00. The lowest BCUT2D eigenvalue weighted by Gasteiger charge is -2.21. The zero-order chi connectivity index (χ0) is 11.7. The van der Waals surface area contributed by atoms with Gasteiger partial charge in [0.2, 0.25) is 6.10 Å². The Balaban J connectivity index is 2.51. The number of hydrogen-bond acceptors (Lipinski definition) is 3. The van der Waals surface area contributed by atoms with Crippen LogP contribution in [0.2, 0.25) is 0 Å². The highest BCUT2D eigenvalue weighted by Crippen LogP contribution is 2.29. The predicted molar refractivity (Wildman–Crippen MR) is 54.1 cm³/mol. The highest BCUT2D eigenvalue weighted by Gasteiger charge is 2.33. The molecule has 0 aliphatic carbocycles. The molecule has 0 saturated carbocycles. The third-order valence-corrected chi connectivity index (χ3v) is 2.23. The highest BCUT2D eigenvalue weighted by atomic mass is 16.5. The molecular formula is C11H8O5. The molecule has 0 bridgehead atoms. The Hall–Kier alpha value is -2.30. The summed E-state index contributed by atoms with van der Waals surface area (Å²) < 4.78 is 5.12. The normalized spacial score (nSPS) is 18.0. The number of carboxylic acid groups (broad SMARTS) is 2. The third kappa shape index (κ3) is 1.63. The lowest BCUT2D eigenvalue weighted by molar-refractivity contribution is -0.146. The van der Waals surface area contributed by atoms with E-state index in [0.717, 1.165) is 0 Å². The molecule has 2 rings (SSSR count). The van der Waals surface area contributed by atoms with Crippen LogP contribution in [-0.4, -0.2) is 28.3 Å². The summed E-state index contributed by atoms with van der Waals surface area (Å²) in [5.41, 5.74) is 0.295. The van der Waals surface area contributed by atoms with Crippen molar-refractivity contribution in [3.63, 3.8) is 0 Å². The fourth-order valence-corrected chi connectivity index (χ4v) is 1.50. The van der Waals surface area contributed by atoms with Crippen LogP contribution >= 0.6 is 0 Å². The molecule has 0 spiro atoms. The summed E-state index contributed by atoms with van der Waals surface area (Å²) in [7, 11) is 0. The number of fused-ring (bicyclic) bond motifs is 1. The Bertz CT molecular complexity index is 489. The van der Waals surface area contributed by atoms with Gasteiger partial charge in [-0.15, -0.1) is 0 Å². The van der Waals surface area contributed by atoms with Gasteiger partial charge in [-0.1, -0.05) is 18.2 Å². The topological polar surface area (TPSA) is 83.8 Å². The first-order chi connectivity index (χ1) is 7.59. The average Bonchev–Trinajstić information content (AvgIpc) is 2.27. The zero-order valence-corrected chi connectivity index (χ0v) is 8.08. The van der Waals surface area contributed by atoms with Gasteiger partial charge in [-0.2, -0.15) is 0 Å². The molecule has 1 aliphatic heterocycles. The molecule has 0 saturated heterocycles. The minimum Gasteiger partial charge on any atom is -0.478 e. The molecule has 0 radical (unpaired) electrons. The van der Waals surface area contributed by atoms with Crippen molar-refractivity contribution in [1.82, 2.24) is 0 Å².